The second-order valence-electron chi connectivity index (χ2n) is 5.93. The lowest BCUT2D eigenvalue weighted by Crippen LogP contribution is -1.91. The van der Waals surface area contributed by atoms with Gasteiger partial charge in [0.05, 0.1) is 26.8 Å². The largest absolute Gasteiger partial charge is 0.253 e. The fourth-order valence-electron chi connectivity index (χ4n) is 2.73. The number of nitrogens with one attached hydrogen (secondary N) is 1. The molecule has 0 saturated heterocycles. The molecule has 0 unspecified atom stereocenters. The van der Waals surface area contributed by atoms with Crippen LogP contribution in [0, 0.1) is 0 Å². The molecule has 0 atom stereocenters. The van der Waals surface area contributed by atoms with Crippen LogP contribution in [0.4, 0.5) is 5.13 Å². The van der Waals surface area contributed by atoms with E-state index in [9.17, 15) is 0 Å². The summed E-state index contributed by atoms with van der Waals surface area (Å²) in [4.78, 5) is 5.84. The summed E-state index contributed by atoms with van der Waals surface area (Å²) in [5.74, 6) is 0. The lowest BCUT2D eigenvalue weighted by Gasteiger charge is -2.02. The van der Waals surface area contributed by atoms with E-state index in [0.717, 1.165) is 21.7 Å². The molecule has 0 bridgehead atoms. The Kier molecular flexibility index (Phi) is 5.72. The zero-order valence-corrected chi connectivity index (χ0v) is 17.0. The van der Waals surface area contributed by atoms with Gasteiger partial charge in [0.1, 0.15) is 0 Å². The van der Waals surface area contributed by atoms with Crippen molar-refractivity contribution in [1.82, 2.24) is 4.98 Å². The Morgan fingerprint density at radius 1 is 0.786 bits per heavy atom. The number of hydrazone groups is 1. The number of rotatable bonds is 5. The minimum absolute atomic E-state index is 0.548. The second kappa shape index (κ2) is 8.57. The molecule has 6 heteroatoms. The van der Waals surface area contributed by atoms with Crippen LogP contribution in [0.5, 0.6) is 0 Å². The van der Waals surface area contributed by atoms with Crippen LogP contribution in [0.3, 0.4) is 0 Å². The molecule has 0 aliphatic carbocycles. The van der Waals surface area contributed by atoms with Gasteiger partial charge in [-0.25, -0.2) is 4.98 Å². The summed E-state index contributed by atoms with van der Waals surface area (Å²) in [5.41, 5.74) is 6.77. The van der Waals surface area contributed by atoms with Crippen molar-refractivity contribution in [3.8, 4) is 21.7 Å². The van der Waals surface area contributed by atoms with Gasteiger partial charge in [0.15, 0.2) is 0 Å². The molecule has 0 fully saturated rings. The summed E-state index contributed by atoms with van der Waals surface area (Å²) < 4.78 is 0. The van der Waals surface area contributed by atoms with Crippen LogP contribution in [0.15, 0.2) is 84.0 Å². The summed E-state index contributed by atoms with van der Waals surface area (Å²) in [6.07, 6.45) is 1.61. The van der Waals surface area contributed by atoms with Gasteiger partial charge >= 0.3 is 0 Å². The lowest BCUT2D eigenvalue weighted by atomic mass is 10.1. The third kappa shape index (κ3) is 4.09. The Bertz CT molecular complexity index is 1030. The molecule has 0 aliphatic rings. The van der Waals surface area contributed by atoms with E-state index in [0.29, 0.717) is 20.7 Å². The van der Waals surface area contributed by atoms with E-state index in [4.69, 9.17) is 28.2 Å². The van der Waals surface area contributed by atoms with Crippen LogP contribution < -0.4 is 5.43 Å². The molecule has 1 N–H and O–H groups in total. The van der Waals surface area contributed by atoms with E-state index in [1.807, 2.05) is 36.4 Å². The number of thiazole rings is 1. The van der Waals surface area contributed by atoms with E-state index in [1.54, 1.807) is 35.8 Å². The van der Waals surface area contributed by atoms with Gasteiger partial charge in [0, 0.05) is 11.1 Å². The number of hydrogen-bond acceptors (Lipinski definition) is 4. The van der Waals surface area contributed by atoms with Crippen molar-refractivity contribution >= 4 is 45.9 Å². The summed E-state index contributed by atoms with van der Waals surface area (Å²) in [6, 6.07) is 25.7. The van der Waals surface area contributed by atoms with Crippen molar-refractivity contribution in [1.29, 1.82) is 0 Å². The van der Waals surface area contributed by atoms with Gasteiger partial charge in [-0.1, -0.05) is 101 Å². The Morgan fingerprint density at radius 3 is 2.04 bits per heavy atom. The van der Waals surface area contributed by atoms with Crippen molar-refractivity contribution < 1.29 is 0 Å². The maximum absolute atomic E-state index is 6.18. The van der Waals surface area contributed by atoms with Crippen LogP contribution in [-0.4, -0.2) is 11.2 Å². The second-order valence-corrected chi connectivity index (χ2v) is 7.75. The van der Waals surface area contributed by atoms with Gasteiger partial charge in [-0.05, 0) is 17.7 Å². The standard InChI is InChI=1S/C22H15Cl2N3S/c23-18-12-7-13-19(24)17(18)14-25-27-22-26-20(15-8-3-1-4-9-15)21(28-22)16-10-5-2-6-11-16/h1-14H,(H,26,27)/b25-14-. The van der Waals surface area contributed by atoms with Gasteiger partial charge in [0.25, 0.3) is 0 Å². The highest BCUT2D eigenvalue weighted by Gasteiger charge is 2.14. The Hall–Kier alpha value is -2.66. The molecule has 3 aromatic carbocycles. The number of benzene rings is 3. The summed E-state index contributed by atoms with van der Waals surface area (Å²) in [7, 11) is 0. The average molecular weight is 424 g/mol. The molecule has 28 heavy (non-hydrogen) atoms. The topological polar surface area (TPSA) is 37.3 Å². The number of hydrogen-bond donors (Lipinski definition) is 1. The van der Waals surface area contributed by atoms with E-state index in [1.165, 1.54) is 0 Å². The van der Waals surface area contributed by atoms with Gasteiger partial charge in [-0.15, -0.1) is 0 Å². The Labute approximate surface area is 177 Å². The van der Waals surface area contributed by atoms with Crippen molar-refractivity contribution in [3.05, 3.63) is 94.5 Å². The monoisotopic (exact) mass is 423 g/mol. The normalized spacial score (nSPS) is 11.1. The molecule has 0 amide bonds. The van der Waals surface area contributed by atoms with Crippen molar-refractivity contribution in [2.45, 2.75) is 0 Å². The highest BCUT2D eigenvalue weighted by molar-refractivity contribution is 7.19. The Morgan fingerprint density at radius 2 is 1.39 bits per heavy atom. The molecule has 4 rings (SSSR count). The molecule has 1 heterocycles. The van der Waals surface area contributed by atoms with Gasteiger partial charge in [-0.3, -0.25) is 5.43 Å². The number of anilines is 1. The van der Waals surface area contributed by atoms with Crippen LogP contribution in [0.25, 0.3) is 21.7 Å². The van der Waals surface area contributed by atoms with Gasteiger partial charge < -0.3 is 0 Å². The van der Waals surface area contributed by atoms with E-state index in [2.05, 4.69) is 34.8 Å². The maximum Gasteiger partial charge on any atom is 0.204 e. The average Bonchev–Trinajstić information content (AvgIpc) is 3.16. The molecule has 0 saturated carbocycles. The van der Waals surface area contributed by atoms with E-state index in [-0.39, 0.29) is 0 Å². The van der Waals surface area contributed by atoms with E-state index >= 15 is 0 Å². The third-order valence-electron chi connectivity index (χ3n) is 4.06. The summed E-state index contributed by atoms with van der Waals surface area (Å²) in [6.45, 7) is 0. The van der Waals surface area contributed by atoms with Gasteiger partial charge in [-0.2, -0.15) is 5.10 Å². The van der Waals surface area contributed by atoms with Crippen LogP contribution >= 0.6 is 34.5 Å². The molecule has 138 valence electrons. The number of halogens is 2. The Balaban J connectivity index is 1.67. The molecular weight excluding hydrogens is 409 g/mol. The van der Waals surface area contributed by atoms with Crippen molar-refractivity contribution in [3.63, 3.8) is 0 Å². The fourth-order valence-corrected chi connectivity index (χ4v) is 4.17. The molecular formula is C22H15Cl2N3S. The van der Waals surface area contributed by atoms with Crippen molar-refractivity contribution in [2.24, 2.45) is 5.10 Å². The first kappa shape index (κ1) is 18.7. The summed E-state index contributed by atoms with van der Waals surface area (Å²) >= 11 is 13.9. The SMILES string of the molecule is Clc1cccc(Cl)c1/C=N\Nc1nc(-c2ccccc2)c(-c2ccccc2)s1. The number of nitrogens with zero attached hydrogens (tertiary/aromatic N) is 2. The molecule has 0 spiro atoms. The minimum atomic E-state index is 0.548. The highest BCUT2D eigenvalue weighted by Crippen LogP contribution is 2.38. The molecule has 3 nitrogen and oxygen atoms in total. The first-order valence-electron chi connectivity index (χ1n) is 8.57. The predicted molar refractivity (Wildman–Crippen MR) is 121 cm³/mol. The summed E-state index contributed by atoms with van der Waals surface area (Å²) in [5, 5.41) is 6.07. The minimum Gasteiger partial charge on any atom is -0.253 e. The maximum atomic E-state index is 6.18. The van der Waals surface area contributed by atoms with Crippen LogP contribution in [0.2, 0.25) is 10.0 Å². The zero-order chi connectivity index (χ0) is 19.3. The molecule has 0 aliphatic heterocycles. The lowest BCUT2D eigenvalue weighted by molar-refractivity contribution is 1.29. The molecule has 0 radical (unpaired) electrons. The third-order valence-corrected chi connectivity index (χ3v) is 5.73. The van der Waals surface area contributed by atoms with Crippen molar-refractivity contribution in [2.75, 3.05) is 5.43 Å². The smallest absolute Gasteiger partial charge is 0.204 e. The molecule has 4 aromatic rings. The van der Waals surface area contributed by atoms with Gasteiger partial charge in [0.2, 0.25) is 5.13 Å². The van der Waals surface area contributed by atoms with E-state index < -0.39 is 0 Å². The molecule has 1 aromatic heterocycles. The van der Waals surface area contributed by atoms with Crippen LogP contribution in [0.1, 0.15) is 5.56 Å². The first-order chi connectivity index (χ1) is 13.7. The quantitative estimate of drug-likeness (QED) is 0.271. The van der Waals surface area contributed by atoms with Crippen LogP contribution in [-0.2, 0) is 0 Å². The first-order valence-corrected chi connectivity index (χ1v) is 10.1. The zero-order valence-electron chi connectivity index (χ0n) is 14.6. The highest BCUT2D eigenvalue weighted by atomic mass is 35.5. The predicted octanol–water partition coefficient (Wildman–Crippen LogP) is 7.23. The number of aromatic nitrogens is 1. The fraction of sp³-hybridized carbons (Fsp3) is 0.